The van der Waals surface area contributed by atoms with Crippen LogP contribution in [-0.2, 0) is 19.5 Å². The minimum atomic E-state index is 0.0436. The zero-order valence-electron chi connectivity index (χ0n) is 17.4. The summed E-state index contributed by atoms with van der Waals surface area (Å²) in [4.78, 5) is 17.4. The van der Waals surface area contributed by atoms with Gasteiger partial charge in [-0.2, -0.15) is 0 Å². The molecule has 0 unspecified atom stereocenters. The molecule has 2 heterocycles. The standard InChI is InChI=1S/C25H33N3O/c29-25(26-14-6-17-27-15-4-1-5-16-27)23-11-9-21(10-12-23)19-28-18-13-22-7-2-3-8-24(22)20-28/h2-3,7-12H,1,4-6,13-20H2,(H,26,29). The van der Waals surface area contributed by atoms with Crippen LogP contribution in [0.2, 0.25) is 0 Å². The molecule has 29 heavy (non-hydrogen) atoms. The summed E-state index contributed by atoms with van der Waals surface area (Å²) in [5.74, 6) is 0.0436. The van der Waals surface area contributed by atoms with Gasteiger partial charge in [0.1, 0.15) is 0 Å². The van der Waals surface area contributed by atoms with Crippen molar-refractivity contribution >= 4 is 5.91 Å². The van der Waals surface area contributed by atoms with E-state index in [-0.39, 0.29) is 5.91 Å². The van der Waals surface area contributed by atoms with Gasteiger partial charge in [-0.05, 0) is 74.1 Å². The van der Waals surface area contributed by atoms with E-state index in [4.69, 9.17) is 0 Å². The quantitative estimate of drug-likeness (QED) is 0.728. The topological polar surface area (TPSA) is 35.6 Å². The maximum Gasteiger partial charge on any atom is 0.251 e. The fourth-order valence-electron chi connectivity index (χ4n) is 4.50. The molecule has 0 bridgehead atoms. The third kappa shape index (κ3) is 5.68. The molecule has 4 nitrogen and oxygen atoms in total. The number of carbonyl (C=O) groups excluding carboxylic acids is 1. The van der Waals surface area contributed by atoms with Crippen LogP contribution >= 0.6 is 0 Å². The Labute approximate surface area is 174 Å². The number of benzene rings is 2. The second kappa shape index (κ2) is 10.0. The van der Waals surface area contributed by atoms with Crippen molar-refractivity contribution in [2.45, 2.75) is 45.2 Å². The van der Waals surface area contributed by atoms with Gasteiger partial charge in [-0.15, -0.1) is 0 Å². The summed E-state index contributed by atoms with van der Waals surface area (Å²) in [7, 11) is 0. The lowest BCUT2D eigenvalue weighted by Gasteiger charge is -2.28. The van der Waals surface area contributed by atoms with E-state index >= 15 is 0 Å². The Bertz CT molecular complexity index is 796. The molecule has 1 fully saturated rings. The van der Waals surface area contributed by atoms with Gasteiger partial charge < -0.3 is 10.2 Å². The van der Waals surface area contributed by atoms with Crippen LogP contribution in [0.15, 0.2) is 48.5 Å². The van der Waals surface area contributed by atoms with Crippen LogP contribution in [0.1, 0.15) is 52.7 Å². The van der Waals surface area contributed by atoms with Gasteiger partial charge in [-0.1, -0.05) is 42.8 Å². The third-order valence-corrected chi connectivity index (χ3v) is 6.22. The van der Waals surface area contributed by atoms with E-state index in [2.05, 4.69) is 51.5 Å². The molecule has 154 valence electrons. The van der Waals surface area contributed by atoms with Crippen molar-refractivity contribution in [3.63, 3.8) is 0 Å². The molecule has 2 aliphatic heterocycles. The third-order valence-electron chi connectivity index (χ3n) is 6.22. The number of likely N-dealkylation sites (tertiary alicyclic amines) is 1. The number of carbonyl (C=O) groups is 1. The van der Waals surface area contributed by atoms with Gasteiger partial charge in [0.2, 0.25) is 0 Å². The number of fused-ring (bicyclic) bond motifs is 1. The molecule has 0 spiro atoms. The van der Waals surface area contributed by atoms with Crippen LogP contribution in [0.25, 0.3) is 0 Å². The fourth-order valence-corrected chi connectivity index (χ4v) is 4.50. The Morgan fingerprint density at radius 1 is 0.862 bits per heavy atom. The summed E-state index contributed by atoms with van der Waals surface area (Å²) >= 11 is 0. The minimum absolute atomic E-state index is 0.0436. The van der Waals surface area contributed by atoms with Crippen molar-refractivity contribution in [3.8, 4) is 0 Å². The zero-order chi connectivity index (χ0) is 19.9. The number of piperidine rings is 1. The summed E-state index contributed by atoms with van der Waals surface area (Å²) in [6.45, 7) is 7.33. The van der Waals surface area contributed by atoms with Crippen LogP contribution in [0.3, 0.4) is 0 Å². The maximum absolute atomic E-state index is 12.4. The van der Waals surface area contributed by atoms with Crippen LogP contribution in [0.5, 0.6) is 0 Å². The average molecular weight is 392 g/mol. The lowest BCUT2D eigenvalue weighted by molar-refractivity contribution is 0.0951. The molecule has 0 aliphatic carbocycles. The first-order valence-electron chi connectivity index (χ1n) is 11.2. The molecule has 2 aromatic rings. The van der Waals surface area contributed by atoms with Crippen molar-refractivity contribution in [2.24, 2.45) is 0 Å². The largest absolute Gasteiger partial charge is 0.352 e. The average Bonchev–Trinajstić information content (AvgIpc) is 2.78. The highest BCUT2D eigenvalue weighted by Crippen LogP contribution is 2.20. The van der Waals surface area contributed by atoms with E-state index in [1.54, 1.807) is 0 Å². The molecule has 0 radical (unpaired) electrons. The van der Waals surface area contributed by atoms with Gasteiger partial charge >= 0.3 is 0 Å². The van der Waals surface area contributed by atoms with E-state index in [0.717, 1.165) is 51.1 Å². The van der Waals surface area contributed by atoms with Crippen molar-refractivity contribution in [1.29, 1.82) is 0 Å². The Morgan fingerprint density at radius 2 is 1.62 bits per heavy atom. The first-order valence-corrected chi connectivity index (χ1v) is 11.2. The van der Waals surface area contributed by atoms with E-state index in [0.29, 0.717) is 0 Å². The Hall–Kier alpha value is -2.17. The minimum Gasteiger partial charge on any atom is -0.352 e. The van der Waals surface area contributed by atoms with E-state index in [9.17, 15) is 4.79 Å². The predicted octanol–water partition coefficient (Wildman–Crippen LogP) is 3.85. The summed E-state index contributed by atoms with van der Waals surface area (Å²) in [5.41, 5.74) is 4.96. The SMILES string of the molecule is O=C(NCCCN1CCCCC1)c1ccc(CN2CCc3ccccc3C2)cc1. The molecule has 2 aliphatic rings. The van der Waals surface area contributed by atoms with Gasteiger partial charge in [0.15, 0.2) is 0 Å². The predicted molar refractivity (Wildman–Crippen MR) is 118 cm³/mol. The summed E-state index contributed by atoms with van der Waals surface area (Å²) in [5, 5.41) is 3.07. The Morgan fingerprint density at radius 3 is 2.41 bits per heavy atom. The van der Waals surface area contributed by atoms with Crippen molar-refractivity contribution in [3.05, 3.63) is 70.8 Å². The van der Waals surface area contributed by atoms with Crippen LogP contribution in [0.4, 0.5) is 0 Å². The number of nitrogens with one attached hydrogen (secondary N) is 1. The smallest absolute Gasteiger partial charge is 0.251 e. The number of rotatable bonds is 7. The molecule has 2 aromatic carbocycles. The van der Waals surface area contributed by atoms with Gasteiger partial charge in [0.05, 0.1) is 0 Å². The lowest BCUT2D eigenvalue weighted by Crippen LogP contribution is -2.33. The first-order chi connectivity index (χ1) is 14.3. The second-order valence-corrected chi connectivity index (χ2v) is 8.44. The summed E-state index contributed by atoms with van der Waals surface area (Å²) in [6, 6.07) is 16.9. The number of hydrogen-bond donors (Lipinski definition) is 1. The van der Waals surface area contributed by atoms with Gasteiger partial charge in [0.25, 0.3) is 5.91 Å². The summed E-state index contributed by atoms with van der Waals surface area (Å²) in [6.07, 6.45) is 6.16. The van der Waals surface area contributed by atoms with Gasteiger partial charge in [0, 0.05) is 31.7 Å². The molecule has 1 amide bonds. The van der Waals surface area contributed by atoms with E-state index in [1.165, 1.54) is 49.0 Å². The molecule has 1 N–H and O–H groups in total. The summed E-state index contributed by atoms with van der Waals surface area (Å²) < 4.78 is 0. The molecule has 4 rings (SSSR count). The van der Waals surface area contributed by atoms with E-state index < -0.39 is 0 Å². The number of hydrogen-bond acceptors (Lipinski definition) is 3. The Balaban J connectivity index is 1.21. The van der Waals surface area contributed by atoms with Crippen molar-refractivity contribution in [2.75, 3.05) is 32.7 Å². The van der Waals surface area contributed by atoms with Crippen LogP contribution < -0.4 is 5.32 Å². The van der Waals surface area contributed by atoms with Crippen LogP contribution in [0, 0.1) is 0 Å². The normalized spacial score (nSPS) is 17.7. The highest BCUT2D eigenvalue weighted by molar-refractivity contribution is 5.94. The fraction of sp³-hybridized carbons (Fsp3) is 0.480. The molecular weight excluding hydrogens is 358 g/mol. The van der Waals surface area contributed by atoms with Gasteiger partial charge in [-0.25, -0.2) is 0 Å². The Kier molecular flexibility index (Phi) is 6.96. The van der Waals surface area contributed by atoms with Crippen molar-refractivity contribution in [1.82, 2.24) is 15.1 Å². The molecular formula is C25H33N3O. The zero-order valence-corrected chi connectivity index (χ0v) is 17.4. The van der Waals surface area contributed by atoms with Crippen molar-refractivity contribution < 1.29 is 4.79 Å². The number of amides is 1. The second-order valence-electron chi connectivity index (χ2n) is 8.44. The van der Waals surface area contributed by atoms with Crippen LogP contribution in [-0.4, -0.2) is 48.4 Å². The van der Waals surface area contributed by atoms with E-state index in [1.807, 2.05) is 12.1 Å². The molecule has 4 heteroatoms. The highest BCUT2D eigenvalue weighted by atomic mass is 16.1. The highest BCUT2D eigenvalue weighted by Gasteiger charge is 2.16. The first kappa shape index (κ1) is 20.1. The number of nitrogens with zero attached hydrogens (tertiary/aromatic N) is 2. The van der Waals surface area contributed by atoms with Gasteiger partial charge in [-0.3, -0.25) is 9.69 Å². The molecule has 1 saturated heterocycles. The monoisotopic (exact) mass is 391 g/mol. The maximum atomic E-state index is 12.4. The molecule has 0 atom stereocenters. The lowest BCUT2D eigenvalue weighted by atomic mass is 9.99. The molecule has 0 aromatic heterocycles. The molecule has 0 saturated carbocycles.